The molecule has 22 heavy (non-hydrogen) atoms. The van der Waals surface area contributed by atoms with Gasteiger partial charge in [-0.2, -0.15) is 0 Å². The number of carbonyl (C=O) groups excluding carboxylic acids is 1. The third kappa shape index (κ3) is 2.42. The van der Waals surface area contributed by atoms with Gasteiger partial charge in [-0.3, -0.25) is 14.0 Å². The third-order valence-corrected chi connectivity index (χ3v) is 3.26. The van der Waals surface area contributed by atoms with Gasteiger partial charge in [0.15, 0.2) is 0 Å². The summed E-state index contributed by atoms with van der Waals surface area (Å²) in [4.78, 5) is 28.6. The van der Waals surface area contributed by atoms with E-state index >= 15 is 0 Å². The van der Waals surface area contributed by atoms with Gasteiger partial charge in [-0.15, -0.1) is 0 Å². The molecule has 0 radical (unpaired) electrons. The number of benzene rings is 1. The van der Waals surface area contributed by atoms with Gasteiger partial charge in [-0.05, 0) is 36.8 Å². The Kier molecular flexibility index (Phi) is 3.34. The number of aromatic nitrogens is 2. The highest BCUT2D eigenvalue weighted by atomic mass is 16.3. The minimum Gasteiger partial charge on any atom is -0.506 e. The van der Waals surface area contributed by atoms with E-state index in [0.717, 1.165) is 5.56 Å². The standard InChI is InChI=1S/C16H13N3O3/c1-10-5-6-12(13(20)8-10)18-15(21)11-9-17-14-4-2-3-7-19(14)16(11)22/h2-9,20H,1H3,(H,18,21). The molecule has 2 heterocycles. The third-order valence-electron chi connectivity index (χ3n) is 3.26. The number of hydrogen-bond acceptors (Lipinski definition) is 4. The number of carbonyl (C=O) groups is 1. The summed E-state index contributed by atoms with van der Waals surface area (Å²) in [6, 6.07) is 9.97. The number of phenolic OH excluding ortho intramolecular Hbond substituents is 1. The fourth-order valence-electron chi connectivity index (χ4n) is 2.12. The van der Waals surface area contributed by atoms with Gasteiger partial charge >= 0.3 is 0 Å². The number of aryl methyl sites for hydroxylation is 1. The molecule has 0 aliphatic rings. The fourth-order valence-corrected chi connectivity index (χ4v) is 2.12. The van der Waals surface area contributed by atoms with Crippen LogP contribution in [0, 0.1) is 6.92 Å². The molecule has 6 heteroatoms. The molecule has 6 nitrogen and oxygen atoms in total. The van der Waals surface area contributed by atoms with Crippen molar-refractivity contribution < 1.29 is 9.90 Å². The van der Waals surface area contributed by atoms with Crippen LogP contribution in [0.2, 0.25) is 0 Å². The van der Waals surface area contributed by atoms with Gasteiger partial charge in [0.05, 0.1) is 5.69 Å². The van der Waals surface area contributed by atoms with Crippen molar-refractivity contribution in [3.63, 3.8) is 0 Å². The summed E-state index contributed by atoms with van der Waals surface area (Å²) in [6.45, 7) is 1.82. The number of aromatic hydroxyl groups is 1. The number of fused-ring (bicyclic) bond motifs is 1. The Morgan fingerprint density at radius 2 is 2.09 bits per heavy atom. The molecule has 0 saturated carbocycles. The van der Waals surface area contributed by atoms with Gasteiger partial charge in [0.2, 0.25) is 0 Å². The SMILES string of the molecule is Cc1ccc(NC(=O)c2cnc3ccccn3c2=O)c(O)c1. The van der Waals surface area contributed by atoms with Crippen LogP contribution in [-0.2, 0) is 0 Å². The van der Waals surface area contributed by atoms with Crippen LogP contribution in [0.3, 0.4) is 0 Å². The van der Waals surface area contributed by atoms with E-state index in [1.54, 1.807) is 36.5 Å². The van der Waals surface area contributed by atoms with Gasteiger partial charge < -0.3 is 10.4 Å². The van der Waals surface area contributed by atoms with E-state index in [1.165, 1.54) is 16.7 Å². The number of amides is 1. The summed E-state index contributed by atoms with van der Waals surface area (Å²) in [5.74, 6) is -0.669. The first-order chi connectivity index (χ1) is 10.6. The summed E-state index contributed by atoms with van der Waals surface area (Å²) < 4.78 is 1.30. The molecule has 0 aliphatic carbocycles. The van der Waals surface area contributed by atoms with E-state index in [4.69, 9.17) is 0 Å². The van der Waals surface area contributed by atoms with Crippen LogP contribution >= 0.6 is 0 Å². The first kappa shape index (κ1) is 13.8. The van der Waals surface area contributed by atoms with Gasteiger partial charge in [-0.25, -0.2) is 4.98 Å². The Morgan fingerprint density at radius 3 is 2.86 bits per heavy atom. The second-order valence-corrected chi connectivity index (χ2v) is 4.88. The van der Waals surface area contributed by atoms with Crippen LogP contribution in [0.1, 0.15) is 15.9 Å². The minimum atomic E-state index is -0.616. The lowest BCUT2D eigenvalue weighted by Crippen LogP contribution is -2.26. The zero-order valence-electron chi connectivity index (χ0n) is 11.8. The van der Waals surface area contributed by atoms with E-state index in [-0.39, 0.29) is 17.0 Å². The van der Waals surface area contributed by atoms with Gasteiger partial charge in [0.25, 0.3) is 11.5 Å². The molecule has 0 atom stereocenters. The van der Waals surface area contributed by atoms with Crippen molar-refractivity contribution >= 4 is 17.2 Å². The number of hydrogen-bond donors (Lipinski definition) is 2. The van der Waals surface area contributed by atoms with Crippen molar-refractivity contribution in [2.75, 3.05) is 5.32 Å². The lowest BCUT2D eigenvalue weighted by molar-refractivity contribution is 0.102. The first-order valence-corrected chi connectivity index (χ1v) is 6.63. The zero-order chi connectivity index (χ0) is 15.7. The lowest BCUT2D eigenvalue weighted by atomic mass is 10.2. The topological polar surface area (TPSA) is 83.7 Å². The van der Waals surface area contributed by atoms with Crippen LogP contribution in [0.25, 0.3) is 5.65 Å². The van der Waals surface area contributed by atoms with Crippen molar-refractivity contribution in [3.05, 3.63) is 70.3 Å². The molecule has 0 bridgehead atoms. The zero-order valence-corrected chi connectivity index (χ0v) is 11.8. The molecule has 0 unspecified atom stereocenters. The summed E-state index contributed by atoms with van der Waals surface area (Å²) >= 11 is 0. The molecule has 3 rings (SSSR count). The quantitative estimate of drug-likeness (QED) is 0.708. The number of phenols is 1. The number of nitrogens with zero attached hydrogens (tertiary/aromatic N) is 2. The van der Waals surface area contributed by atoms with E-state index in [9.17, 15) is 14.7 Å². The van der Waals surface area contributed by atoms with Crippen LogP contribution < -0.4 is 10.9 Å². The van der Waals surface area contributed by atoms with Gasteiger partial charge in [0, 0.05) is 12.4 Å². The molecule has 0 spiro atoms. The molecule has 1 aromatic carbocycles. The van der Waals surface area contributed by atoms with Crippen molar-refractivity contribution in [1.82, 2.24) is 9.38 Å². The van der Waals surface area contributed by atoms with E-state index < -0.39 is 11.5 Å². The fraction of sp³-hybridized carbons (Fsp3) is 0.0625. The van der Waals surface area contributed by atoms with Crippen molar-refractivity contribution in [3.8, 4) is 5.75 Å². The molecular weight excluding hydrogens is 282 g/mol. The molecule has 2 N–H and O–H groups in total. The van der Waals surface area contributed by atoms with Crippen LogP contribution in [0.5, 0.6) is 5.75 Å². The normalized spacial score (nSPS) is 10.6. The summed E-state index contributed by atoms with van der Waals surface area (Å²) in [7, 11) is 0. The molecule has 1 amide bonds. The maximum absolute atomic E-state index is 12.3. The first-order valence-electron chi connectivity index (χ1n) is 6.63. The molecule has 3 aromatic rings. The van der Waals surface area contributed by atoms with E-state index in [1.807, 2.05) is 6.92 Å². The maximum Gasteiger partial charge on any atom is 0.270 e. The summed E-state index contributed by atoms with van der Waals surface area (Å²) in [5, 5.41) is 12.3. The average molecular weight is 295 g/mol. The van der Waals surface area contributed by atoms with E-state index in [2.05, 4.69) is 10.3 Å². The number of rotatable bonds is 2. The Balaban J connectivity index is 1.99. The second-order valence-electron chi connectivity index (χ2n) is 4.88. The monoisotopic (exact) mass is 295 g/mol. The molecular formula is C16H13N3O3. The molecule has 2 aromatic heterocycles. The summed E-state index contributed by atoms with van der Waals surface area (Å²) in [6.07, 6.45) is 2.78. The molecule has 0 aliphatic heterocycles. The largest absolute Gasteiger partial charge is 0.506 e. The lowest BCUT2D eigenvalue weighted by Gasteiger charge is -2.08. The molecule has 0 fully saturated rings. The van der Waals surface area contributed by atoms with Crippen LogP contribution in [-0.4, -0.2) is 20.4 Å². The minimum absolute atomic E-state index is 0.0535. The number of anilines is 1. The van der Waals surface area contributed by atoms with Crippen molar-refractivity contribution in [2.45, 2.75) is 6.92 Å². The predicted molar refractivity (Wildman–Crippen MR) is 82.3 cm³/mol. The Morgan fingerprint density at radius 1 is 1.27 bits per heavy atom. The predicted octanol–water partition coefficient (Wildman–Crippen LogP) is 1.96. The highest BCUT2D eigenvalue weighted by Gasteiger charge is 2.14. The Bertz CT molecular complexity index is 931. The smallest absolute Gasteiger partial charge is 0.270 e. The van der Waals surface area contributed by atoms with Gasteiger partial charge in [0.1, 0.15) is 17.0 Å². The summed E-state index contributed by atoms with van der Waals surface area (Å²) in [5.41, 5.74) is 1.01. The number of nitrogens with one attached hydrogen (secondary N) is 1. The van der Waals surface area contributed by atoms with Crippen LogP contribution in [0.4, 0.5) is 5.69 Å². The average Bonchev–Trinajstić information content (AvgIpc) is 2.50. The maximum atomic E-state index is 12.3. The highest BCUT2D eigenvalue weighted by molar-refractivity contribution is 6.04. The number of pyridine rings is 1. The van der Waals surface area contributed by atoms with Crippen molar-refractivity contribution in [2.24, 2.45) is 0 Å². The highest BCUT2D eigenvalue weighted by Crippen LogP contribution is 2.24. The van der Waals surface area contributed by atoms with E-state index in [0.29, 0.717) is 5.65 Å². The van der Waals surface area contributed by atoms with Crippen molar-refractivity contribution in [1.29, 1.82) is 0 Å². The molecule has 110 valence electrons. The second kappa shape index (κ2) is 5.33. The Hall–Kier alpha value is -3.15. The van der Waals surface area contributed by atoms with Gasteiger partial charge in [-0.1, -0.05) is 12.1 Å². The molecule has 0 saturated heterocycles. The van der Waals surface area contributed by atoms with Crippen LogP contribution in [0.15, 0.2) is 53.6 Å². The Labute approximate surface area is 125 Å².